The quantitative estimate of drug-likeness (QED) is 0.396. The molecule has 8 nitrogen and oxygen atoms in total. The summed E-state index contributed by atoms with van der Waals surface area (Å²) < 4.78 is 8.07. The van der Waals surface area contributed by atoms with Crippen molar-refractivity contribution in [3.63, 3.8) is 0 Å². The van der Waals surface area contributed by atoms with Gasteiger partial charge < -0.3 is 10.6 Å². The highest BCUT2D eigenvalue weighted by Gasteiger charge is 2.32. The summed E-state index contributed by atoms with van der Waals surface area (Å²) in [5, 5.41) is 6.67. The zero-order valence-electron chi connectivity index (χ0n) is 24.8. The first-order valence-corrected chi connectivity index (χ1v) is 15.6. The molecule has 0 radical (unpaired) electrons. The topological polar surface area (TPSA) is 75.8 Å². The molecule has 0 atom stereocenters. The second-order valence-corrected chi connectivity index (χ2v) is 12.2. The Balaban J connectivity index is 1.17. The highest BCUT2D eigenvalue weighted by molar-refractivity contribution is 5.90. The lowest BCUT2D eigenvalue weighted by atomic mass is 9.75. The van der Waals surface area contributed by atoms with Gasteiger partial charge in [-0.2, -0.15) is 0 Å². The Labute approximate surface area is 235 Å². The maximum atomic E-state index is 13.1. The molecule has 2 amide bonds. The molecule has 0 aromatic carbocycles. The Morgan fingerprint density at radius 2 is 1.10 bits per heavy atom. The van der Waals surface area contributed by atoms with Crippen molar-refractivity contribution < 1.29 is 18.7 Å². The van der Waals surface area contributed by atoms with Crippen LogP contribution in [0.2, 0.25) is 0 Å². The van der Waals surface area contributed by atoms with Crippen LogP contribution in [0.15, 0.2) is 24.8 Å². The molecule has 2 aromatic rings. The highest BCUT2D eigenvalue weighted by Crippen LogP contribution is 2.35. The molecule has 2 heterocycles. The van der Waals surface area contributed by atoms with Crippen molar-refractivity contribution in [3.05, 3.63) is 36.4 Å². The summed E-state index contributed by atoms with van der Waals surface area (Å²) in [4.78, 5) is 26.1. The molecule has 2 aliphatic carbocycles. The average molecular weight is 541 g/mol. The number of hydrogen-bond donors (Lipinski definition) is 2. The molecule has 0 unspecified atom stereocenters. The molecule has 216 valence electrons. The zero-order chi connectivity index (χ0) is 27.8. The van der Waals surface area contributed by atoms with E-state index in [0.29, 0.717) is 0 Å². The first-order valence-electron chi connectivity index (χ1n) is 15.6. The van der Waals surface area contributed by atoms with Crippen molar-refractivity contribution in [2.75, 3.05) is 0 Å². The zero-order valence-corrected chi connectivity index (χ0v) is 24.8. The smallest absolute Gasteiger partial charge is 0.343 e. The molecule has 2 N–H and O–H groups in total. The van der Waals surface area contributed by atoms with Gasteiger partial charge in [0.15, 0.2) is 0 Å². The number of carbonyl (C=O) groups is 2. The van der Waals surface area contributed by atoms with Gasteiger partial charge in [0.25, 0.3) is 0 Å². The van der Waals surface area contributed by atoms with Gasteiger partial charge in [0.2, 0.25) is 0 Å². The monoisotopic (exact) mass is 540 g/mol. The van der Waals surface area contributed by atoms with Crippen LogP contribution in [0, 0.1) is 11.8 Å². The summed E-state index contributed by atoms with van der Waals surface area (Å²) in [5.74, 6) is 3.18. The van der Waals surface area contributed by atoms with Gasteiger partial charge in [-0.05, 0) is 82.5 Å². The van der Waals surface area contributed by atoms with Crippen LogP contribution in [0.4, 0.5) is 0 Å². The molecular weight excluding hydrogens is 488 g/mol. The summed E-state index contributed by atoms with van der Waals surface area (Å²) in [6.07, 6.45) is 22.8. The molecule has 0 saturated heterocycles. The first-order chi connectivity index (χ1) is 18.9. The SMILES string of the molecule is CCCCn1cc[n+](C)c1C(=O)NC1CCC(CC2CCC(NC(=O)c3n(CCCC)cc[n+]3C)CC2)CC1. The van der Waals surface area contributed by atoms with Gasteiger partial charge in [-0.1, -0.05) is 26.7 Å². The van der Waals surface area contributed by atoms with E-state index in [4.69, 9.17) is 0 Å². The Kier molecular flexibility index (Phi) is 10.6. The number of nitrogens with one attached hydrogen (secondary N) is 2. The number of aromatic nitrogens is 4. The van der Waals surface area contributed by atoms with Crippen LogP contribution in [0.25, 0.3) is 0 Å². The average Bonchev–Trinajstić information content (AvgIpc) is 3.49. The molecule has 39 heavy (non-hydrogen) atoms. The van der Waals surface area contributed by atoms with Crippen LogP contribution >= 0.6 is 0 Å². The van der Waals surface area contributed by atoms with E-state index < -0.39 is 0 Å². The molecule has 0 bridgehead atoms. The molecule has 2 aliphatic rings. The van der Waals surface area contributed by atoms with Crippen molar-refractivity contribution in [3.8, 4) is 0 Å². The lowest BCUT2D eigenvalue weighted by Gasteiger charge is -2.34. The lowest BCUT2D eigenvalue weighted by Crippen LogP contribution is -2.45. The van der Waals surface area contributed by atoms with E-state index in [1.54, 1.807) is 0 Å². The third-order valence-corrected chi connectivity index (χ3v) is 9.09. The van der Waals surface area contributed by atoms with Gasteiger partial charge in [-0.15, -0.1) is 0 Å². The fourth-order valence-corrected chi connectivity index (χ4v) is 6.70. The van der Waals surface area contributed by atoms with E-state index in [2.05, 4.69) is 33.6 Å². The van der Waals surface area contributed by atoms with Crippen molar-refractivity contribution in [1.29, 1.82) is 0 Å². The van der Waals surface area contributed by atoms with Gasteiger partial charge in [0.1, 0.15) is 24.8 Å². The number of nitrogens with zero attached hydrogens (tertiary/aromatic N) is 4. The van der Waals surface area contributed by atoms with E-state index in [1.807, 2.05) is 48.0 Å². The van der Waals surface area contributed by atoms with E-state index in [9.17, 15) is 9.59 Å². The molecule has 2 fully saturated rings. The van der Waals surface area contributed by atoms with Gasteiger partial charge in [-0.3, -0.25) is 9.59 Å². The van der Waals surface area contributed by atoms with Gasteiger partial charge >= 0.3 is 23.5 Å². The predicted molar refractivity (Wildman–Crippen MR) is 152 cm³/mol. The second-order valence-electron chi connectivity index (χ2n) is 12.2. The van der Waals surface area contributed by atoms with Gasteiger partial charge in [-0.25, -0.2) is 18.3 Å². The van der Waals surface area contributed by atoms with Crippen LogP contribution in [0.1, 0.15) is 119 Å². The van der Waals surface area contributed by atoms with E-state index in [-0.39, 0.29) is 23.9 Å². The van der Waals surface area contributed by atoms with Crippen LogP contribution in [0.3, 0.4) is 0 Å². The number of amides is 2. The normalized spacial score (nSPS) is 23.5. The van der Waals surface area contributed by atoms with Crippen LogP contribution in [-0.4, -0.2) is 33.0 Å². The van der Waals surface area contributed by atoms with E-state index in [0.717, 1.165) is 87.9 Å². The highest BCUT2D eigenvalue weighted by atomic mass is 16.2. The summed E-state index contributed by atoms with van der Waals surface area (Å²) in [7, 11) is 3.92. The molecule has 2 aromatic heterocycles. The standard InChI is InChI=1S/C31H50N6O2/c1-5-7-17-36-21-19-34(3)30(36)28(38)32-26-13-9-24(10-14-26)23-25-11-15-27(16-12-25)33-29(39)31-35(4)20-22-37(31)18-8-6-2/h19-22,24-27H,5-18,23H2,1-4H3/p+2. The Morgan fingerprint density at radius 3 is 1.46 bits per heavy atom. The molecule has 2 saturated carbocycles. The van der Waals surface area contributed by atoms with Crippen LogP contribution in [0.5, 0.6) is 0 Å². The second kappa shape index (κ2) is 14.1. The summed E-state index contributed by atoms with van der Waals surface area (Å²) in [5.41, 5.74) is 0. The molecule has 0 spiro atoms. The fraction of sp³-hybridized carbons (Fsp3) is 0.742. The lowest BCUT2D eigenvalue weighted by molar-refractivity contribution is -0.673. The molecule has 8 heteroatoms. The van der Waals surface area contributed by atoms with Crippen molar-refractivity contribution in [2.45, 2.75) is 122 Å². The van der Waals surface area contributed by atoms with E-state index >= 15 is 0 Å². The Bertz CT molecular complexity index is 989. The summed E-state index contributed by atoms with van der Waals surface area (Å²) >= 11 is 0. The number of aryl methyl sites for hydroxylation is 4. The maximum absolute atomic E-state index is 13.1. The van der Waals surface area contributed by atoms with Gasteiger partial charge in [0.05, 0.1) is 27.2 Å². The predicted octanol–water partition coefficient (Wildman–Crippen LogP) is 4.21. The van der Waals surface area contributed by atoms with Crippen molar-refractivity contribution >= 4 is 11.8 Å². The van der Waals surface area contributed by atoms with Gasteiger partial charge in [0, 0.05) is 12.1 Å². The van der Waals surface area contributed by atoms with Crippen molar-refractivity contribution in [2.24, 2.45) is 25.9 Å². The van der Waals surface area contributed by atoms with Crippen molar-refractivity contribution in [1.82, 2.24) is 19.8 Å². The molecular formula is C31H52N6O2+2. The minimum atomic E-state index is 0.0636. The van der Waals surface area contributed by atoms with Crippen LogP contribution < -0.4 is 19.8 Å². The third kappa shape index (κ3) is 7.73. The van der Waals surface area contributed by atoms with E-state index in [1.165, 1.54) is 32.1 Å². The Morgan fingerprint density at radius 1 is 0.718 bits per heavy atom. The molecule has 0 aliphatic heterocycles. The minimum Gasteiger partial charge on any atom is -0.343 e. The number of hydrogen-bond acceptors (Lipinski definition) is 2. The number of unbranched alkanes of at least 4 members (excludes halogenated alkanes) is 2. The largest absolute Gasteiger partial charge is 0.347 e. The van der Waals surface area contributed by atoms with Crippen LogP contribution in [-0.2, 0) is 27.2 Å². The molecule has 4 rings (SSSR count). The fourth-order valence-electron chi connectivity index (χ4n) is 6.70. The number of rotatable bonds is 12. The first kappa shape index (κ1) is 29.3. The number of imidazole rings is 2. The third-order valence-electron chi connectivity index (χ3n) is 9.09. The summed E-state index contributed by atoms with van der Waals surface area (Å²) in [6, 6.07) is 0.568. The number of carbonyl (C=O) groups excluding carboxylic acids is 2. The summed E-state index contributed by atoms with van der Waals surface area (Å²) in [6.45, 7) is 6.15. The minimum absolute atomic E-state index is 0.0636. The Hall–Kier alpha value is -2.64. The maximum Gasteiger partial charge on any atom is 0.347 e.